The molecule has 0 saturated carbocycles. The van der Waals surface area contributed by atoms with Crippen LogP contribution in [0.4, 0.5) is 0 Å². The van der Waals surface area contributed by atoms with Crippen LogP contribution >= 0.6 is 38.5 Å². The average molecular weight is 411 g/mol. The number of halogens is 2. The van der Waals surface area contributed by atoms with Crippen LogP contribution in [0.2, 0.25) is 0 Å². The van der Waals surface area contributed by atoms with Crippen molar-refractivity contribution in [3.05, 3.63) is 32.9 Å². The molecule has 5 heteroatoms. The normalized spacial score (nSPS) is 10.1. The summed E-state index contributed by atoms with van der Waals surface area (Å²) in [4.78, 5) is 23.0. The smallest absolute Gasteiger partial charge is 0.339 e. The molecule has 0 amide bonds. The lowest BCUT2D eigenvalue weighted by atomic mass is 10.1. The van der Waals surface area contributed by atoms with E-state index in [-0.39, 0.29) is 11.8 Å². The number of benzene rings is 1. The molecular formula is C12H12BrIO3. The lowest BCUT2D eigenvalue weighted by Crippen LogP contribution is -2.11. The summed E-state index contributed by atoms with van der Waals surface area (Å²) in [5, 5.41) is 0.326. The Hall–Kier alpha value is -0.430. The van der Waals surface area contributed by atoms with Gasteiger partial charge in [-0.2, -0.15) is 0 Å². The minimum atomic E-state index is -0.343. The molecule has 0 aliphatic heterocycles. The van der Waals surface area contributed by atoms with Crippen LogP contribution in [0.3, 0.4) is 0 Å². The maximum atomic E-state index is 11.7. The molecule has 1 rings (SSSR count). The predicted octanol–water partition coefficient (Wildman–Crippen LogP) is 2.97. The first-order chi connectivity index (χ1) is 8.10. The highest BCUT2D eigenvalue weighted by atomic mass is 127. The number of hydrogen-bond donors (Lipinski definition) is 0. The van der Waals surface area contributed by atoms with E-state index < -0.39 is 0 Å². The van der Waals surface area contributed by atoms with Crippen molar-refractivity contribution in [3.63, 3.8) is 0 Å². The zero-order valence-electron chi connectivity index (χ0n) is 9.33. The van der Waals surface area contributed by atoms with Crippen LogP contribution in [0.15, 0.2) is 18.2 Å². The molecular weight excluding hydrogens is 399 g/mol. The van der Waals surface area contributed by atoms with Gasteiger partial charge in [0.25, 0.3) is 0 Å². The number of carbonyl (C=O) groups excluding carboxylic acids is 2. The fourth-order valence-corrected chi connectivity index (χ4v) is 2.31. The summed E-state index contributed by atoms with van der Waals surface area (Å²) in [6.07, 6.45) is 0.330. The van der Waals surface area contributed by atoms with Crippen LogP contribution < -0.4 is 0 Å². The molecule has 1 aromatic carbocycles. The van der Waals surface area contributed by atoms with Crippen LogP contribution in [0.1, 0.15) is 22.8 Å². The molecule has 0 spiro atoms. The molecule has 0 atom stereocenters. The quantitative estimate of drug-likeness (QED) is 0.425. The van der Waals surface area contributed by atoms with Crippen LogP contribution in [0, 0.1) is 3.57 Å². The molecule has 0 aliphatic carbocycles. The second-order valence-electron chi connectivity index (χ2n) is 3.35. The zero-order valence-corrected chi connectivity index (χ0v) is 13.1. The van der Waals surface area contributed by atoms with Gasteiger partial charge in [-0.25, -0.2) is 4.79 Å². The minimum Gasteiger partial charge on any atom is -0.462 e. The summed E-state index contributed by atoms with van der Waals surface area (Å²) < 4.78 is 5.75. The Balaban J connectivity index is 2.98. The van der Waals surface area contributed by atoms with E-state index in [1.807, 2.05) is 6.07 Å². The summed E-state index contributed by atoms with van der Waals surface area (Å²) in [5.74, 6) is -0.256. The molecule has 17 heavy (non-hydrogen) atoms. The van der Waals surface area contributed by atoms with E-state index in [9.17, 15) is 9.59 Å². The minimum absolute atomic E-state index is 0.0870. The zero-order chi connectivity index (χ0) is 12.8. The summed E-state index contributed by atoms with van der Waals surface area (Å²) in [6, 6.07) is 5.33. The molecule has 0 aliphatic rings. The molecule has 0 bridgehead atoms. The first-order valence-electron chi connectivity index (χ1n) is 5.12. The molecule has 3 nitrogen and oxygen atoms in total. The highest BCUT2D eigenvalue weighted by molar-refractivity contribution is 14.1. The monoisotopic (exact) mass is 410 g/mol. The number of Topliss-reactive ketones (excluding diaryl/α,β-unsaturated/α-hetero) is 1. The van der Waals surface area contributed by atoms with Gasteiger partial charge in [-0.15, -0.1) is 0 Å². The Morgan fingerprint density at radius 1 is 1.41 bits per heavy atom. The van der Waals surface area contributed by atoms with E-state index in [0.717, 1.165) is 9.13 Å². The van der Waals surface area contributed by atoms with Gasteiger partial charge in [-0.1, -0.05) is 28.1 Å². The van der Waals surface area contributed by atoms with Gasteiger partial charge in [0.2, 0.25) is 0 Å². The SMILES string of the molecule is CCOC(=O)c1cccc(CC(=O)CBr)c1I. The molecule has 0 saturated heterocycles. The lowest BCUT2D eigenvalue weighted by Gasteiger charge is -2.08. The van der Waals surface area contributed by atoms with E-state index in [1.54, 1.807) is 19.1 Å². The number of ether oxygens (including phenoxy) is 1. The van der Waals surface area contributed by atoms with Crippen LogP contribution in [-0.4, -0.2) is 23.7 Å². The second kappa shape index (κ2) is 7.10. The number of esters is 1. The van der Waals surface area contributed by atoms with Crippen LogP contribution in [0.5, 0.6) is 0 Å². The molecule has 92 valence electrons. The van der Waals surface area contributed by atoms with Gasteiger partial charge in [-0.3, -0.25) is 4.79 Å². The summed E-state index contributed by atoms with van der Waals surface area (Å²) >= 11 is 5.20. The summed E-state index contributed by atoms with van der Waals surface area (Å²) in [7, 11) is 0. The van der Waals surface area contributed by atoms with Gasteiger partial charge in [0.15, 0.2) is 0 Å². The third-order valence-corrected chi connectivity index (χ3v) is 4.01. The highest BCUT2D eigenvalue weighted by Crippen LogP contribution is 2.19. The van der Waals surface area contributed by atoms with Gasteiger partial charge in [-0.05, 0) is 41.1 Å². The Morgan fingerprint density at radius 3 is 2.71 bits per heavy atom. The largest absolute Gasteiger partial charge is 0.462 e. The molecule has 0 aromatic heterocycles. The molecule has 0 unspecified atom stereocenters. The summed E-state index contributed by atoms with van der Waals surface area (Å²) in [5.41, 5.74) is 1.38. The first-order valence-corrected chi connectivity index (χ1v) is 7.32. The van der Waals surface area contributed by atoms with Crippen molar-refractivity contribution in [2.75, 3.05) is 11.9 Å². The highest BCUT2D eigenvalue weighted by Gasteiger charge is 2.14. The number of rotatable bonds is 5. The molecule has 0 fully saturated rings. The van der Waals surface area contributed by atoms with E-state index in [0.29, 0.717) is 23.9 Å². The van der Waals surface area contributed by atoms with E-state index in [4.69, 9.17) is 4.74 Å². The van der Waals surface area contributed by atoms with Crippen molar-refractivity contribution in [3.8, 4) is 0 Å². The van der Waals surface area contributed by atoms with Crippen molar-refractivity contribution in [1.82, 2.24) is 0 Å². The van der Waals surface area contributed by atoms with Crippen LogP contribution in [0.25, 0.3) is 0 Å². The van der Waals surface area contributed by atoms with Gasteiger partial charge in [0.1, 0.15) is 5.78 Å². The number of alkyl halides is 1. The molecule has 0 N–H and O–H groups in total. The van der Waals surface area contributed by atoms with Crippen molar-refractivity contribution in [2.24, 2.45) is 0 Å². The average Bonchev–Trinajstić information content (AvgIpc) is 2.32. The number of hydrogen-bond acceptors (Lipinski definition) is 3. The molecule has 0 radical (unpaired) electrons. The van der Waals surface area contributed by atoms with Gasteiger partial charge >= 0.3 is 5.97 Å². The Kier molecular flexibility index (Phi) is 6.11. The fourth-order valence-electron chi connectivity index (χ4n) is 1.34. The van der Waals surface area contributed by atoms with E-state index >= 15 is 0 Å². The van der Waals surface area contributed by atoms with E-state index in [2.05, 4.69) is 38.5 Å². The van der Waals surface area contributed by atoms with Gasteiger partial charge in [0, 0.05) is 9.99 Å². The number of ketones is 1. The second-order valence-corrected chi connectivity index (χ2v) is 4.99. The summed E-state index contributed by atoms with van der Waals surface area (Å²) in [6.45, 7) is 2.11. The molecule has 1 aromatic rings. The van der Waals surface area contributed by atoms with Crippen molar-refractivity contribution in [2.45, 2.75) is 13.3 Å². The molecule has 0 heterocycles. The van der Waals surface area contributed by atoms with Crippen molar-refractivity contribution >= 4 is 50.3 Å². The standard InChI is InChI=1S/C12H12BrIO3/c1-2-17-12(16)10-5-3-4-8(11(10)14)6-9(15)7-13/h3-5H,2,6-7H2,1H3. The van der Waals surface area contributed by atoms with E-state index in [1.165, 1.54) is 0 Å². The Labute approximate surface area is 122 Å². The first kappa shape index (κ1) is 14.6. The van der Waals surface area contributed by atoms with Crippen LogP contribution in [-0.2, 0) is 16.0 Å². The lowest BCUT2D eigenvalue weighted by molar-refractivity contribution is -0.115. The third kappa shape index (κ3) is 4.06. The topological polar surface area (TPSA) is 43.4 Å². The fraction of sp³-hybridized carbons (Fsp3) is 0.333. The maximum absolute atomic E-state index is 11.7. The van der Waals surface area contributed by atoms with Crippen molar-refractivity contribution in [1.29, 1.82) is 0 Å². The van der Waals surface area contributed by atoms with Crippen molar-refractivity contribution < 1.29 is 14.3 Å². The Bertz CT molecular complexity index is 432. The Morgan fingerprint density at radius 2 is 2.12 bits per heavy atom. The number of carbonyl (C=O) groups is 2. The third-order valence-electron chi connectivity index (χ3n) is 2.11. The van der Waals surface area contributed by atoms with Gasteiger partial charge in [0.05, 0.1) is 17.5 Å². The van der Waals surface area contributed by atoms with Gasteiger partial charge < -0.3 is 4.74 Å². The predicted molar refractivity (Wildman–Crippen MR) is 77.6 cm³/mol. The maximum Gasteiger partial charge on any atom is 0.339 e.